The number of anilines is 1. The highest BCUT2D eigenvalue weighted by molar-refractivity contribution is 7.99. The van der Waals surface area contributed by atoms with Crippen LogP contribution in [-0.2, 0) is 0 Å². The number of nitrogens with zero attached hydrogens (tertiary/aromatic N) is 3. The zero-order valence-electron chi connectivity index (χ0n) is 10.6. The first kappa shape index (κ1) is 12.7. The van der Waals surface area contributed by atoms with Gasteiger partial charge in [-0.05, 0) is 18.2 Å². The Hall–Kier alpha value is -2.32. The quantitative estimate of drug-likeness (QED) is 0.382. The molecule has 0 aliphatic rings. The van der Waals surface area contributed by atoms with Gasteiger partial charge in [0.2, 0.25) is 5.95 Å². The fraction of sp³-hybridized carbons (Fsp3) is 0.0833. The van der Waals surface area contributed by atoms with Gasteiger partial charge in [-0.2, -0.15) is 10.1 Å². The van der Waals surface area contributed by atoms with Crippen LogP contribution in [0.5, 0.6) is 5.75 Å². The maximum absolute atomic E-state index is 5.38. The molecule has 0 bridgehead atoms. The number of methoxy groups -OCH3 is 1. The summed E-state index contributed by atoms with van der Waals surface area (Å²) in [7, 11) is 1.64. The van der Waals surface area contributed by atoms with E-state index in [0.717, 1.165) is 21.1 Å². The third-order valence-corrected chi connectivity index (χ3v) is 3.65. The molecule has 0 atom stereocenters. The first-order valence-corrected chi connectivity index (χ1v) is 6.61. The van der Waals surface area contributed by atoms with E-state index >= 15 is 0 Å². The zero-order valence-corrected chi connectivity index (χ0v) is 11.4. The number of ether oxygens (including phenoxy) is 1. The van der Waals surface area contributed by atoms with Crippen molar-refractivity contribution in [2.24, 2.45) is 5.84 Å². The Morgan fingerprint density at radius 3 is 3.05 bits per heavy atom. The van der Waals surface area contributed by atoms with E-state index in [0.29, 0.717) is 11.6 Å². The van der Waals surface area contributed by atoms with Crippen LogP contribution in [-0.4, -0.2) is 27.3 Å². The van der Waals surface area contributed by atoms with Crippen molar-refractivity contribution in [2.45, 2.75) is 9.92 Å². The Labute approximate surface area is 118 Å². The lowest BCUT2D eigenvalue weighted by atomic mass is 10.3. The molecule has 0 saturated carbocycles. The molecule has 102 valence electrons. The number of hydrogen-bond donors (Lipinski definition) is 3. The summed E-state index contributed by atoms with van der Waals surface area (Å²) < 4.78 is 5.21. The summed E-state index contributed by atoms with van der Waals surface area (Å²) in [6.45, 7) is 0. The molecule has 0 aliphatic heterocycles. The van der Waals surface area contributed by atoms with Gasteiger partial charge in [0.15, 0.2) is 5.65 Å². The van der Waals surface area contributed by atoms with Crippen molar-refractivity contribution < 1.29 is 4.74 Å². The Morgan fingerprint density at radius 2 is 2.25 bits per heavy atom. The molecule has 8 heteroatoms. The highest BCUT2D eigenvalue weighted by atomic mass is 32.2. The SMILES string of the molecule is COc1cccc(Sc2nc(NN)nc3[nH]ncc23)c1. The van der Waals surface area contributed by atoms with Gasteiger partial charge in [-0.25, -0.2) is 10.8 Å². The number of H-pyrrole nitrogens is 1. The van der Waals surface area contributed by atoms with Crippen molar-refractivity contribution >= 4 is 28.7 Å². The number of fused-ring (bicyclic) bond motifs is 1. The van der Waals surface area contributed by atoms with E-state index in [-0.39, 0.29) is 0 Å². The highest BCUT2D eigenvalue weighted by Crippen LogP contribution is 2.33. The number of nitrogen functional groups attached to an aromatic ring is 1. The van der Waals surface area contributed by atoms with E-state index in [1.54, 1.807) is 13.3 Å². The number of benzene rings is 1. The molecule has 7 nitrogen and oxygen atoms in total. The second kappa shape index (κ2) is 5.35. The molecule has 1 aromatic carbocycles. The fourth-order valence-corrected chi connectivity index (χ4v) is 2.66. The van der Waals surface area contributed by atoms with E-state index in [1.165, 1.54) is 11.8 Å². The van der Waals surface area contributed by atoms with Gasteiger partial charge in [-0.1, -0.05) is 17.8 Å². The lowest BCUT2D eigenvalue weighted by molar-refractivity contribution is 0.413. The average Bonchev–Trinajstić information content (AvgIpc) is 2.96. The lowest BCUT2D eigenvalue weighted by Crippen LogP contribution is -2.10. The van der Waals surface area contributed by atoms with Gasteiger partial charge in [0.05, 0.1) is 18.7 Å². The molecule has 3 aromatic rings. The van der Waals surface area contributed by atoms with Crippen molar-refractivity contribution in [1.82, 2.24) is 20.2 Å². The molecule has 3 rings (SSSR count). The smallest absolute Gasteiger partial charge is 0.240 e. The third-order valence-electron chi connectivity index (χ3n) is 2.66. The topological polar surface area (TPSA) is 102 Å². The summed E-state index contributed by atoms with van der Waals surface area (Å²) in [5.74, 6) is 6.51. The van der Waals surface area contributed by atoms with Gasteiger partial charge in [0, 0.05) is 4.90 Å². The van der Waals surface area contributed by atoms with Gasteiger partial charge in [0.25, 0.3) is 0 Å². The maximum Gasteiger partial charge on any atom is 0.240 e. The van der Waals surface area contributed by atoms with Gasteiger partial charge >= 0.3 is 0 Å². The summed E-state index contributed by atoms with van der Waals surface area (Å²) >= 11 is 1.49. The maximum atomic E-state index is 5.38. The minimum absolute atomic E-state index is 0.340. The van der Waals surface area contributed by atoms with Crippen LogP contribution in [0.4, 0.5) is 5.95 Å². The Bertz CT molecular complexity index is 744. The molecule has 0 fully saturated rings. The van der Waals surface area contributed by atoms with Crippen LogP contribution in [0, 0.1) is 0 Å². The van der Waals surface area contributed by atoms with Crippen LogP contribution in [0.25, 0.3) is 11.0 Å². The number of hydrazine groups is 1. The molecule has 4 N–H and O–H groups in total. The van der Waals surface area contributed by atoms with Crippen molar-refractivity contribution in [3.8, 4) is 5.75 Å². The molecule has 2 heterocycles. The predicted octanol–water partition coefficient (Wildman–Crippen LogP) is 1.80. The molecule has 0 amide bonds. The highest BCUT2D eigenvalue weighted by Gasteiger charge is 2.10. The largest absolute Gasteiger partial charge is 0.497 e. The molecular weight excluding hydrogens is 276 g/mol. The molecule has 0 radical (unpaired) electrons. The number of nitrogens with two attached hydrogens (primary N) is 1. The van der Waals surface area contributed by atoms with Crippen LogP contribution in [0.2, 0.25) is 0 Å². The minimum Gasteiger partial charge on any atom is -0.497 e. The number of nitrogens with one attached hydrogen (secondary N) is 2. The number of aromatic amines is 1. The molecular formula is C12H12N6OS. The van der Waals surface area contributed by atoms with Gasteiger partial charge in [0.1, 0.15) is 10.8 Å². The number of rotatable bonds is 4. The number of aromatic nitrogens is 4. The van der Waals surface area contributed by atoms with Crippen LogP contribution < -0.4 is 16.0 Å². The molecule has 2 aromatic heterocycles. The molecule has 0 unspecified atom stereocenters. The average molecular weight is 288 g/mol. The first-order valence-electron chi connectivity index (χ1n) is 5.80. The second-order valence-corrected chi connectivity index (χ2v) is 4.97. The minimum atomic E-state index is 0.340. The predicted molar refractivity (Wildman–Crippen MR) is 76.6 cm³/mol. The third kappa shape index (κ3) is 2.38. The normalized spacial score (nSPS) is 10.7. The molecule has 20 heavy (non-hydrogen) atoms. The summed E-state index contributed by atoms with van der Waals surface area (Å²) in [4.78, 5) is 9.55. The Kier molecular flexibility index (Phi) is 3.40. The van der Waals surface area contributed by atoms with Crippen LogP contribution in [0.3, 0.4) is 0 Å². The van der Waals surface area contributed by atoms with Crippen molar-refractivity contribution in [3.05, 3.63) is 30.5 Å². The van der Waals surface area contributed by atoms with Crippen LogP contribution >= 0.6 is 11.8 Å². The van der Waals surface area contributed by atoms with Crippen LogP contribution in [0.15, 0.2) is 40.4 Å². The van der Waals surface area contributed by atoms with E-state index in [1.807, 2.05) is 24.3 Å². The summed E-state index contributed by atoms with van der Waals surface area (Å²) in [5, 5.41) is 8.40. The number of hydrogen-bond acceptors (Lipinski definition) is 7. The lowest BCUT2D eigenvalue weighted by Gasteiger charge is -2.06. The standard InChI is InChI=1S/C12H12N6OS/c1-19-7-3-2-4-8(5-7)20-11-9-6-14-18-10(9)15-12(16-11)17-13/h2-6H,13H2,1H3,(H2,14,15,16,17,18). The Balaban J connectivity index is 2.02. The van der Waals surface area contributed by atoms with Crippen LogP contribution in [0.1, 0.15) is 0 Å². The van der Waals surface area contributed by atoms with Gasteiger partial charge in [-0.3, -0.25) is 10.5 Å². The molecule has 0 aliphatic carbocycles. The van der Waals surface area contributed by atoms with Gasteiger partial charge in [-0.15, -0.1) is 0 Å². The molecule has 0 spiro atoms. The van der Waals surface area contributed by atoms with Gasteiger partial charge < -0.3 is 4.74 Å². The Morgan fingerprint density at radius 1 is 1.35 bits per heavy atom. The van der Waals surface area contributed by atoms with Crippen molar-refractivity contribution in [1.29, 1.82) is 0 Å². The fourth-order valence-electron chi connectivity index (χ4n) is 1.73. The summed E-state index contributed by atoms with van der Waals surface area (Å²) in [5.41, 5.74) is 3.09. The van der Waals surface area contributed by atoms with E-state index < -0.39 is 0 Å². The molecule has 0 saturated heterocycles. The van der Waals surface area contributed by atoms with Crippen molar-refractivity contribution in [2.75, 3.05) is 12.5 Å². The van der Waals surface area contributed by atoms with Crippen molar-refractivity contribution in [3.63, 3.8) is 0 Å². The van der Waals surface area contributed by atoms with E-state index in [9.17, 15) is 0 Å². The van der Waals surface area contributed by atoms with E-state index in [4.69, 9.17) is 10.6 Å². The zero-order chi connectivity index (χ0) is 13.9. The summed E-state index contributed by atoms with van der Waals surface area (Å²) in [6, 6.07) is 7.74. The monoisotopic (exact) mass is 288 g/mol. The first-order chi connectivity index (χ1) is 9.80. The second-order valence-electron chi connectivity index (χ2n) is 3.91. The summed E-state index contributed by atoms with van der Waals surface area (Å²) in [6.07, 6.45) is 1.69. The van der Waals surface area contributed by atoms with E-state index in [2.05, 4.69) is 25.6 Å².